The monoisotopic (exact) mass is 1310 g/mol. The third-order valence-electron chi connectivity index (χ3n) is 15.3. The molecule has 0 fully saturated rings. The summed E-state index contributed by atoms with van der Waals surface area (Å²) >= 11 is 0. The molecule has 0 bridgehead atoms. The van der Waals surface area contributed by atoms with Crippen molar-refractivity contribution in [1.29, 1.82) is 0 Å². The Morgan fingerprint density at radius 1 is 0.316 bits per heavy atom. The topological polar surface area (TPSA) is 111 Å². The summed E-state index contributed by atoms with van der Waals surface area (Å²) in [4.78, 5) is 37.6. The maximum absolute atomic E-state index is 13.0. The molecule has 2 atom stereocenters. The number of hydrogen-bond donors (Lipinski definition) is 0. The van der Waals surface area contributed by atoms with E-state index >= 15 is 0 Å². The van der Waals surface area contributed by atoms with Gasteiger partial charge in [0.1, 0.15) is 13.2 Å². The molecule has 9 nitrogen and oxygen atoms in total. The van der Waals surface area contributed by atoms with Crippen LogP contribution in [0, 0.1) is 0 Å². The predicted molar refractivity (Wildman–Crippen MR) is 407 cm³/mol. The predicted octanol–water partition coefficient (Wildman–Crippen LogP) is 22.8. The van der Waals surface area contributed by atoms with Crippen molar-refractivity contribution in [1.82, 2.24) is 0 Å². The van der Waals surface area contributed by atoms with E-state index in [-0.39, 0.29) is 38.6 Å². The number of unbranched alkanes of at least 4 members (excludes halogenated alkanes) is 20. The van der Waals surface area contributed by atoms with E-state index in [2.05, 4.69) is 208 Å². The molecule has 0 aliphatic rings. The smallest absolute Gasteiger partial charge is 0.306 e. The lowest BCUT2D eigenvalue weighted by Crippen LogP contribution is -2.44. The Morgan fingerprint density at radius 2 is 0.568 bits per heavy atom. The van der Waals surface area contributed by atoms with E-state index in [1.54, 1.807) is 0 Å². The lowest BCUT2D eigenvalue weighted by atomic mass is 10.0. The van der Waals surface area contributed by atoms with Crippen molar-refractivity contribution in [3.63, 3.8) is 0 Å². The quantitative estimate of drug-likeness (QED) is 0.0195. The number of likely N-dealkylation sites (N-methyl/N-ethyl adjacent to an activating group) is 1. The van der Waals surface area contributed by atoms with Crippen molar-refractivity contribution < 1.29 is 42.9 Å². The van der Waals surface area contributed by atoms with Gasteiger partial charge in [-0.2, -0.15) is 0 Å². The number of rotatable bonds is 67. The van der Waals surface area contributed by atoms with Gasteiger partial charge in [0, 0.05) is 12.8 Å². The third kappa shape index (κ3) is 75.4. The van der Waals surface area contributed by atoms with Crippen LogP contribution in [0.4, 0.5) is 0 Å². The van der Waals surface area contributed by atoms with Crippen molar-refractivity contribution in [3.05, 3.63) is 194 Å². The minimum atomic E-state index is -1.64. The van der Waals surface area contributed by atoms with E-state index < -0.39 is 24.3 Å². The van der Waals surface area contributed by atoms with Gasteiger partial charge in [-0.1, -0.05) is 311 Å². The molecule has 0 radical (unpaired) electrons. The summed E-state index contributed by atoms with van der Waals surface area (Å²) in [7, 11) is 5.91. The molecular formula is C86H137NO8. The Hall–Kier alpha value is -5.87. The molecule has 0 aliphatic heterocycles. The number of quaternary nitrogens is 1. The lowest BCUT2D eigenvalue weighted by molar-refractivity contribution is -0.870. The first-order valence-corrected chi connectivity index (χ1v) is 37.6. The minimum absolute atomic E-state index is 0.134. The SMILES string of the molecule is CC/C=C\C/C=C\C/C=C\C/C=C\C/C=C\C/C=C\C/C=C\C/C=C\C/C=C\C/C=C\C/C=C\CCCCCCCC(=O)OC(COC(=O)CCCCCCCCCCCCCCCCC/C=C\C/C=C\C/C=C\C/C=C\C/C=C\CC)COC(OCC[N+](C)(C)C)C(=O)[O-]. The molecule has 2 unspecified atom stereocenters. The van der Waals surface area contributed by atoms with E-state index in [0.29, 0.717) is 17.4 Å². The maximum atomic E-state index is 13.0. The molecule has 0 heterocycles. The molecule has 95 heavy (non-hydrogen) atoms. The summed E-state index contributed by atoms with van der Waals surface area (Å²) in [6, 6.07) is 0. The Bertz CT molecular complexity index is 2270. The molecule has 9 heteroatoms. The van der Waals surface area contributed by atoms with Gasteiger partial charge in [-0.25, -0.2) is 0 Å². The molecule has 0 aromatic heterocycles. The van der Waals surface area contributed by atoms with Gasteiger partial charge in [-0.05, 0) is 141 Å². The van der Waals surface area contributed by atoms with Gasteiger partial charge in [-0.15, -0.1) is 0 Å². The van der Waals surface area contributed by atoms with Crippen LogP contribution in [0.25, 0.3) is 0 Å². The number of hydrogen-bond acceptors (Lipinski definition) is 8. The van der Waals surface area contributed by atoms with Crippen LogP contribution in [0.15, 0.2) is 194 Å². The number of carbonyl (C=O) groups excluding carboxylic acids is 3. The number of nitrogens with zero attached hydrogens (tertiary/aromatic N) is 1. The number of carbonyl (C=O) groups is 3. The average molecular weight is 1310 g/mol. The Kier molecular flexibility index (Phi) is 69.4. The van der Waals surface area contributed by atoms with E-state index in [4.69, 9.17) is 18.9 Å². The number of carboxylic acid groups (broad SMARTS) is 1. The van der Waals surface area contributed by atoms with Gasteiger partial charge in [0.15, 0.2) is 12.4 Å². The summed E-state index contributed by atoms with van der Waals surface area (Å²) in [6.45, 7) is 4.49. The zero-order valence-corrected chi connectivity index (χ0v) is 61.0. The van der Waals surface area contributed by atoms with Crippen LogP contribution in [0.3, 0.4) is 0 Å². The van der Waals surface area contributed by atoms with Crippen LogP contribution < -0.4 is 5.11 Å². The highest BCUT2D eigenvalue weighted by molar-refractivity contribution is 5.70. The first-order valence-electron chi connectivity index (χ1n) is 37.6. The van der Waals surface area contributed by atoms with Gasteiger partial charge in [-0.3, -0.25) is 9.59 Å². The van der Waals surface area contributed by atoms with Gasteiger partial charge in [0.05, 0.1) is 40.3 Å². The van der Waals surface area contributed by atoms with E-state index in [0.717, 1.165) is 154 Å². The number of ether oxygens (including phenoxy) is 4. The molecule has 0 saturated heterocycles. The van der Waals surface area contributed by atoms with Gasteiger partial charge in [0.25, 0.3) is 0 Å². The fourth-order valence-electron chi connectivity index (χ4n) is 9.69. The lowest BCUT2D eigenvalue weighted by Gasteiger charge is -2.26. The maximum Gasteiger partial charge on any atom is 0.306 e. The van der Waals surface area contributed by atoms with Gasteiger partial charge in [0.2, 0.25) is 0 Å². The molecular weight excluding hydrogens is 1170 g/mol. The third-order valence-corrected chi connectivity index (χ3v) is 15.3. The summed E-state index contributed by atoms with van der Waals surface area (Å²) in [5.41, 5.74) is 0. The number of allylic oxidation sites excluding steroid dienone is 32. The van der Waals surface area contributed by atoms with Crippen LogP contribution in [0.2, 0.25) is 0 Å². The molecule has 534 valence electrons. The fourth-order valence-corrected chi connectivity index (χ4v) is 9.69. The van der Waals surface area contributed by atoms with Crippen molar-refractivity contribution in [2.75, 3.05) is 47.5 Å². The first-order chi connectivity index (χ1) is 46.6. The Balaban J connectivity index is 4.20. The van der Waals surface area contributed by atoms with Crippen LogP contribution in [0.1, 0.15) is 271 Å². The fraction of sp³-hybridized carbons (Fsp3) is 0.593. The molecule has 0 saturated carbocycles. The Morgan fingerprint density at radius 3 is 0.842 bits per heavy atom. The van der Waals surface area contributed by atoms with Crippen LogP contribution in [-0.2, 0) is 33.3 Å². The first kappa shape index (κ1) is 89.1. The number of esters is 2. The van der Waals surface area contributed by atoms with Crippen molar-refractivity contribution in [3.8, 4) is 0 Å². The normalized spacial score (nSPS) is 13.8. The molecule has 0 rings (SSSR count). The highest BCUT2D eigenvalue weighted by atomic mass is 16.7. The average Bonchev–Trinajstić information content (AvgIpc) is 2.92. The molecule has 0 aliphatic carbocycles. The van der Waals surface area contributed by atoms with Crippen molar-refractivity contribution in [2.45, 2.75) is 283 Å². The van der Waals surface area contributed by atoms with Gasteiger partial charge >= 0.3 is 11.9 Å². The number of aliphatic carboxylic acids is 1. The molecule has 0 aromatic rings. The zero-order valence-electron chi connectivity index (χ0n) is 61.0. The highest BCUT2D eigenvalue weighted by Gasteiger charge is 2.22. The van der Waals surface area contributed by atoms with E-state index in [1.807, 2.05) is 21.1 Å². The second-order valence-electron chi connectivity index (χ2n) is 25.5. The van der Waals surface area contributed by atoms with Crippen LogP contribution in [-0.4, -0.2) is 82.3 Å². The summed E-state index contributed by atoms with van der Waals surface area (Å²) in [5, 5.41) is 11.8. The molecule has 0 aromatic carbocycles. The van der Waals surface area contributed by atoms with Crippen LogP contribution >= 0.6 is 0 Å². The minimum Gasteiger partial charge on any atom is -0.545 e. The summed E-state index contributed by atoms with van der Waals surface area (Å²) < 4.78 is 22.8. The Labute approximate surface area is 582 Å². The standard InChI is InChI=1S/C86H137NO8/c1-6-8-10-12-14-16-18-20-22-24-26-28-30-32-34-36-38-39-40-41-42-43-44-45-47-49-51-53-55-57-59-61-63-65-67-69-71-73-75-77-84(89)95-82(81-94-86(85(90)91)92-79-78-87(3,4)5)80-93-83(88)76-74-72-70-68-66-64-62-60-58-56-54-52-50-48-46-37-35-33-31-29-27-25-23-21-19-17-15-13-11-9-7-2/h8-11,14-17,20-23,26-29,32-35,38-39,41-42,44-45,49,51,55,57,61,63,82,86H,6-7,12-13,18-19,24-25,30-31,36-37,40,43,46-48,50,52-54,56,58-60,62,64-81H2,1-5H3/b10-8-,11-9-,16-14-,17-15-,22-20-,23-21-,28-26-,29-27-,34-32-,35-33-,39-38-,42-41-,45-44-,51-49-,57-55-,63-61-. The second kappa shape index (κ2) is 73.9. The summed E-state index contributed by atoms with van der Waals surface area (Å²) in [6.07, 6.45) is 111. The zero-order chi connectivity index (χ0) is 69.0. The van der Waals surface area contributed by atoms with Crippen LogP contribution in [0.5, 0.6) is 0 Å². The van der Waals surface area contributed by atoms with E-state index in [9.17, 15) is 19.5 Å². The molecule has 0 spiro atoms. The molecule has 0 N–H and O–H groups in total. The summed E-state index contributed by atoms with van der Waals surface area (Å²) in [5.74, 6) is -2.32. The number of carboxylic acids is 1. The largest absolute Gasteiger partial charge is 0.545 e. The highest BCUT2D eigenvalue weighted by Crippen LogP contribution is 2.16. The van der Waals surface area contributed by atoms with Crippen molar-refractivity contribution in [2.24, 2.45) is 0 Å². The van der Waals surface area contributed by atoms with Gasteiger partial charge < -0.3 is 33.3 Å². The molecule has 0 amide bonds. The van der Waals surface area contributed by atoms with E-state index in [1.165, 1.54) is 83.5 Å². The van der Waals surface area contributed by atoms with Crippen molar-refractivity contribution >= 4 is 17.9 Å². The second-order valence-corrected chi connectivity index (χ2v) is 25.5.